The summed E-state index contributed by atoms with van der Waals surface area (Å²) >= 11 is 0. The maximum absolute atomic E-state index is 6.02. The van der Waals surface area contributed by atoms with Crippen LogP contribution in [0.15, 0.2) is 18.5 Å². The monoisotopic (exact) mass is 248 g/mol. The van der Waals surface area contributed by atoms with E-state index in [4.69, 9.17) is 15.0 Å². The van der Waals surface area contributed by atoms with E-state index in [-0.39, 0.29) is 17.2 Å². The standard InChI is InChI=1S/C13H21BN2O2/c1-9(15)10-6-7-16-8-11(10)14-17-12(2,3)13(4,5)18-14/h6-9H,15H2,1-5H3. The highest BCUT2D eigenvalue weighted by Gasteiger charge is 2.52. The van der Waals surface area contributed by atoms with Gasteiger partial charge in [-0.3, -0.25) is 4.98 Å². The average Bonchev–Trinajstić information content (AvgIpc) is 2.48. The lowest BCUT2D eigenvalue weighted by Gasteiger charge is -2.32. The van der Waals surface area contributed by atoms with E-state index >= 15 is 0 Å². The second-order valence-corrected chi connectivity index (χ2v) is 5.88. The van der Waals surface area contributed by atoms with Gasteiger partial charge in [0, 0.05) is 23.9 Å². The largest absolute Gasteiger partial charge is 0.496 e. The quantitative estimate of drug-likeness (QED) is 0.804. The van der Waals surface area contributed by atoms with Crippen molar-refractivity contribution >= 4 is 12.6 Å². The van der Waals surface area contributed by atoms with Gasteiger partial charge in [-0.2, -0.15) is 0 Å². The summed E-state index contributed by atoms with van der Waals surface area (Å²) in [7, 11) is -0.398. The van der Waals surface area contributed by atoms with Crippen LogP contribution in [0.5, 0.6) is 0 Å². The molecule has 4 nitrogen and oxygen atoms in total. The minimum Gasteiger partial charge on any atom is -0.399 e. The Morgan fingerprint density at radius 3 is 2.28 bits per heavy atom. The Morgan fingerprint density at radius 1 is 1.22 bits per heavy atom. The average molecular weight is 248 g/mol. The zero-order valence-corrected chi connectivity index (χ0v) is 11.7. The number of hydrogen-bond donors (Lipinski definition) is 1. The van der Waals surface area contributed by atoms with Crippen LogP contribution in [0.25, 0.3) is 0 Å². The molecule has 1 unspecified atom stereocenters. The first-order chi connectivity index (χ1) is 8.24. The van der Waals surface area contributed by atoms with Gasteiger partial charge in [0.2, 0.25) is 0 Å². The van der Waals surface area contributed by atoms with Gasteiger partial charge in [-0.1, -0.05) is 0 Å². The Balaban J connectivity index is 2.35. The van der Waals surface area contributed by atoms with Crippen LogP contribution in [0, 0.1) is 0 Å². The molecule has 1 aliphatic rings. The van der Waals surface area contributed by atoms with Crippen molar-refractivity contribution in [1.29, 1.82) is 0 Å². The highest BCUT2D eigenvalue weighted by molar-refractivity contribution is 6.62. The van der Waals surface area contributed by atoms with Gasteiger partial charge in [0.25, 0.3) is 0 Å². The van der Waals surface area contributed by atoms with Crippen molar-refractivity contribution in [2.45, 2.75) is 51.9 Å². The zero-order valence-electron chi connectivity index (χ0n) is 11.7. The molecular weight excluding hydrogens is 227 g/mol. The van der Waals surface area contributed by atoms with Gasteiger partial charge >= 0.3 is 7.12 Å². The highest BCUT2D eigenvalue weighted by atomic mass is 16.7. The third-order valence-corrected chi connectivity index (χ3v) is 3.88. The van der Waals surface area contributed by atoms with Crippen LogP contribution in [0.2, 0.25) is 0 Å². The Kier molecular flexibility index (Phi) is 3.26. The van der Waals surface area contributed by atoms with Gasteiger partial charge in [-0.15, -0.1) is 0 Å². The SMILES string of the molecule is CC(N)c1ccncc1B1OC(C)(C)C(C)(C)O1. The normalized spacial score (nSPS) is 23.1. The summed E-state index contributed by atoms with van der Waals surface area (Å²) in [5.41, 5.74) is 7.23. The lowest BCUT2D eigenvalue weighted by molar-refractivity contribution is 0.00578. The molecule has 5 heteroatoms. The van der Waals surface area contributed by atoms with Gasteiger partial charge in [0.1, 0.15) is 0 Å². The van der Waals surface area contributed by atoms with Crippen LogP contribution in [-0.4, -0.2) is 23.3 Å². The van der Waals surface area contributed by atoms with Crippen LogP contribution >= 0.6 is 0 Å². The van der Waals surface area contributed by atoms with Gasteiger partial charge < -0.3 is 15.0 Å². The Bertz CT molecular complexity index is 430. The molecular formula is C13H21BN2O2. The summed E-state index contributed by atoms with van der Waals surface area (Å²) in [6, 6.07) is 1.85. The molecule has 2 heterocycles. The third kappa shape index (κ3) is 2.18. The van der Waals surface area contributed by atoms with Crippen LogP contribution in [0.1, 0.15) is 46.2 Å². The Morgan fingerprint density at radius 2 is 1.78 bits per heavy atom. The zero-order chi connectivity index (χ0) is 13.6. The number of aromatic nitrogens is 1. The van der Waals surface area contributed by atoms with E-state index in [1.165, 1.54) is 0 Å². The van der Waals surface area contributed by atoms with Gasteiger partial charge in [0.15, 0.2) is 0 Å². The van der Waals surface area contributed by atoms with E-state index in [0.717, 1.165) is 11.0 Å². The number of rotatable bonds is 2. The lowest BCUT2D eigenvalue weighted by atomic mass is 9.76. The van der Waals surface area contributed by atoms with E-state index in [9.17, 15) is 0 Å². The third-order valence-electron chi connectivity index (χ3n) is 3.88. The molecule has 2 rings (SSSR count). The van der Waals surface area contributed by atoms with Crippen LogP contribution in [-0.2, 0) is 9.31 Å². The molecule has 0 bridgehead atoms. The van der Waals surface area contributed by atoms with E-state index in [1.54, 1.807) is 12.4 Å². The minimum atomic E-state index is -0.398. The molecule has 1 atom stereocenters. The molecule has 1 aliphatic heterocycles. The minimum absolute atomic E-state index is 0.0676. The molecule has 18 heavy (non-hydrogen) atoms. The van der Waals surface area contributed by atoms with Crippen molar-refractivity contribution < 1.29 is 9.31 Å². The predicted molar refractivity (Wildman–Crippen MR) is 72.6 cm³/mol. The van der Waals surface area contributed by atoms with Gasteiger partial charge in [0.05, 0.1) is 11.2 Å². The Labute approximate surface area is 109 Å². The first-order valence-corrected chi connectivity index (χ1v) is 6.29. The van der Waals surface area contributed by atoms with Crippen molar-refractivity contribution in [2.24, 2.45) is 5.73 Å². The van der Waals surface area contributed by atoms with Gasteiger partial charge in [-0.05, 0) is 46.2 Å². The summed E-state index contributed by atoms with van der Waals surface area (Å²) in [6.07, 6.45) is 3.52. The number of nitrogens with zero attached hydrogens (tertiary/aromatic N) is 1. The number of pyridine rings is 1. The maximum atomic E-state index is 6.02. The molecule has 0 aliphatic carbocycles. The lowest BCUT2D eigenvalue weighted by Crippen LogP contribution is -2.41. The topological polar surface area (TPSA) is 57.4 Å². The molecule has 2 N–H and O–H groups in total. The maximum Gasteiger partial charge on any atom is 0.496 e. The molecule has 1 aromatic heterocycles. The fourth-order valence-electron chi connectivity index (χ4n) is 2.00. The van der Waals surface area contributed by atoms with E-state index < -0.39 is 7.12 Å². The van der Waals surface area contributed by atoms with Crippen molar-refractivity contribution in [3.8, 4) is 0 Å². The number of hydrogen-bond acceptors (Lipinski definition) is 4. The fraction of sp³-hybridized carbons (Fsp3) is 0.615. The summed E-state index contributed by atoms with van der Waals surface area (Å²) in [5.74, 6) is 0. The summed E-state index contributed by atoms with van der Waals surface area (Å²) in [4.78, 5) is 4.15. The molecule has 0 amide bonds. The highest BCUT2D eigenvalue weighted by Crippen LogP contribution is 2.36. The van der Waals surface area contributed by atoms with Crippen molar-refractivity contribution in [1.82, 2.24) is 4.98 Å². The summed E-state index contributed by atoms with van der Waals surface area (Å²) in [5, 5.41) is 0. The van der Waals surface area contributed by atoms with Crippen LogP contribution in [0.4, 0.5) is 0 Å². The first-order valence-electron chi connectivity index (χ1n) is 6.29. The molecule has 1 saturated heterocycles. The first kappa shape index (κ1) is 13.5. The summed E-state index contributed by atoms with van der Waals surface area (Å²) < 4.78 is 12.0. The van der Waals surface area contributed by atoms with Crippen molar-refractivity contribution in [2.75, 3.05) is 0 Å². The molecule has 0 radical (unpaired) electrons. The van der Waals surface area contributed by atoms with E-state index in [2.05, 4.69) is 4.98 Å². The smallest absolute Gasteiger partial charge is 0.399 e. The number of nitrogens with two attached hydrogens (primary N) is 1. The predicted octanol–water partition coefficient (Wildman–Crippen LogP) is 1.40. The second kappa shape index (κ2) is 4.33. The van der Waals surface area contributed by atoms with Crippen LogP contribution in [0.3, 0.4) is 0 Å². The van der Waals surface area contributed by atoms with E-state index in [1.807, 2.05) is 40.7 Å². The summed E-state index contributed by atoms with van der Waals surface area (Å²) in [6.45, 7) is 10.1. The Hall–Kier alpha value is -0.905. The molecule has 0 saturated carbocycles. The van der Waals surface area contributed by atoms with E-state index in [0.29, 0.717) is 0 Å². The molecule has 0 aromatic carbocycles. The molecule has 1 fully saturated rings. The van der Waals surface area contributed by atoms with Crippen molar-refractivity contribution in [3.05, 3.63) is 24.0 Å². The van der Waals surface area contributed by atoms with Gasteiger partial charge in [-0.25, -0.2) is 0 Å². The molecule has 1 aromatic rings. The van der Waals surface area contributed by atoms with Crippen molar-refractivity contribution in [3.63, 3.8) is 0 Å². The molecule has 98 valence electrons. The molecule has 0 spiro atoms. The van der Waals surface area contributed by atoms with Crippen LogP contribution < -0.4 is 11.2 Å². The fourth-order valence-corrected chi connectivity index (χ4v) is 2.00. The second-order valence-electron chi connectivity index (χ2n) is 5.88.